The number of piperidine rings is 1. The molecule has 0 aliphatic carbocycles. The van der Waals surface area contributed by atoms with Crippen LogP contribution in [0, 0.1) is 21.8 Å². The van der Waals surface area contributed by atoms with Crippen LogP contribution in [0.3, 0.4) is 0 Å². The molecule has 0 aromatic heterocycles. The quantitative estimate of drug-likeness (QED) is 0.540. The second-order valence-corrected chi connectivity index (χ2v) is 7.53. The lowest BCUT2D eigenvalue weighted by Crippen LogP contribution is -2.46. The first-order valence-electron chi connectivity index (χ1n) is 7.70. The summed E-state index contributed by atoms with van der Waals surface area (Å²) in [6.07, 6.45) is 0.913. The maximum absolute atomic E-state index is 13.7. The first-order chi connectivity index (χ1) is 11.8. The third-order valence-electron chi connectivity index (χ3n) is 3.95. The number of halogens is 1. The summed E-state index contributed by atoms with van der Waals surface area (Å²) in [6, 6.07) is 2.93. The minimum absolute atomic E-state index is 0.108. The van der Waals surface area contributed by atoms with E-state index in [1.54, 1.807) is 0 Å². The van der Waals surface area contributed by atoms with Crippen molar-refractivity contribution in [2.45, 2.75) is 17.7 Å². The van der Waals surface area contributed by atoms with E-state index in [0.29, 0.717) is 12.8 Å². The molecule has 0 bridgehead atoms. The average Bonchev–Trinajstić information content (AvgIpc) is 2.59. The molecule has 0 saturated carbocycles. The zero-order valence-corrected chi connectivity index (χ0v) is 14.2. The number of benzene rings is 1. The molecule has 1 aliphatic rings. The van der Waals surface area contributed by atoms with Crippen molar-refractivity contribution in [1.29, 1.82) is 0 Å². The summed E-state index contributed by atoms with van der Waals surface area (Å²) < 4.78 is 40.2. The lowest BCUT2D eigenvalue weighted by Gasteiger charge is -2.31. The fourth-order valence-corrected chi connectivity index (χ4v) is 4.43. The summed E-state index contributed by atoms with van der Waals surface area (Å²) in [6.45, 7) is 0.524. The molecule has 2 rings (SSSR count). The fraction of sp³-hybridized carbons (Fsp3) is 0.500. The van der Waals surface area contributed by atoms with Gasteiger partial charge in [-0.2, -0.15) is 8.70 Å². The summed E-state index contributed by atoms with van der Waals surface area (Å²) in [4.78, 5) is 21.3. The number of sulfonamides is 1. The maximum atomic E-state index is 13.7. The molecule has 1 aromatic carbocycles. The molecule has 138 valence electrons. The summed E-state index contributed by atoms with van der Waals surface area (Å²) in [7, 11) is -4.30. The Balaban J connectivity index is 2.30. The highest BCUT2D eigenvalue weighted by Crippen LogP contribution is 2.31. The standard InChI is InChI=1S/C14H19FN4O5S/c15-11-4-1-5-12(13(11)19(21)22)25(23,24)18-8-2-3-10(9-18)14(20)17-7-6-16/h1,4-5,10H,2-3,6-9,16H2,(H,17,20). The second-order valence-electron chi connectivity index (χ2n) is 5.63. The van der Waals surface area contributed by atoms with Crippen molar-refractivity contribution in [2.75, 3.05) is 26.2 Å². The van der Waals surface area contributed by atoms with Crippen LogP contribution in [0.25, 0.3) is 0 Å². The topological polar surface area (TPSA) is 136 Å². The van der Waals surface area contributed by atoms with Crippen molar-refractivity contribution in [2.24, 2.45) is 11.7 Å². The Kier molecular flexibility index (Phi) is 6.03. The van der Waals surface area contributed by atoms with Crippen LogP contribution in [0.1, 0.15) is 12.8 Å². The highest BCUT2D eigenvalue weighted by Gasteiger charge is 2.37. The van der Waals surface area contributed by atoms with E-state index in [9.17, 15) is 27.7 Å². The number of nitrogens with one attached hydrogen (secondary N) is 1. The normalized spacial score (nSPS) is 18.7. The average molecular weight is 374 g/mol. The Morgan fingerprint density at radius 2 is 2.20 bits per heavy atom. The third-order valence-corrected chi connectivity index (χ3v) is 5.85. The van der Waals surface area contributed by atoms with Crippen LogP contribution in [0.15, 0.2) is 23.1 Å². The van der Waals surface area contributed by atoms with Gasteiger partial charge in [-0.3, -0.25) is 14.9 Å². The zero-order valence-electron chi connectivity index (χ0n) is 13.4. The van der Waals surface area contributed by atoms with Crippen LogP contribution < -0.4 is 11.1 Å². The van der Waals surface area contributed by atoms with E-state index in [-0.39, 0.29) is 32.1 Å². The third kappa shape index (κ3) is 4.11. The molecule has 1 saturated heterocycles. The molecule has 9 nitrogen and oxygen atoms in total. The summed E-state index contributed by atoms with van der Waals surface area (Å²) in [5.74, 6) is -2.12. The minimum Gasteiger partial charge on any atom is -0.355 e. The summed E-state index contributed by atoms with van der Waals surface area (Å²) in [5, 5.41) is 13.7. The molecule has 25 heavy (non-hydrogen) atoms. The number of hydrogen-bond donors (Lipinski definition) is 2. The number of carbonyl (C=O) groups is 1. The van der Waals surface area contributed by atoms with Gasteiger partial charge in [-0.25, -0.2) is 8.42 Å². The van der Waals surface area contributed by atoms with Crippen LogP contribution in [0.5, 0.6) is 0 Å². The Morgan fingerprint density at radius 3 is 2.84 bits per heavy atom. The van der Waals surface area contributed by atoms with Gasteiger partial charge in [0.2, 0.25) is 21.7 Å². The van der Waals surface area contributed by atoms with E-state index in [1.807, 2.05) is 0 Å². The van der Waals surface area contributed by atoms with Crippen LogP contribution >= 0.6 is 0 Å². The van der Waals surface area contributed by atoms with Crippen molar-refractivity contribution in [1.82, 2.24) is 9.62 Å². The zero-order chi connectivity index (χ0) is 18.6. The number of nitro benzene ring substituents is 1. The number of carbonyl (C=O) groups excluding carboxylic acids is 1. The lowest BCUT2D eigenvalue weighted by molar-refractivity contribution is -0.390. The van der Waals surface area contributed by atoms with Gasteiger partial charge in [-0.15, -0.1) is 0 Å². The van der Waals surface area contributed by atoms with Crippen molar-refractivity contribution in [3.63, 3.8) is 0 Å². The lowest BCUT2D eigenvalue weighted by atomic mass is 9.99. The Hall–Kier alpha value is -2.11. The largest absolute Gasteiger partial charge is 0.355 e. The van der Waals surface area contributed by atoms with Gasteiger partial charge in [-0.05, 0) is 25.0 Å². The Labute approximate surface area is 144 Å². The maximum Gasteiger partial charge on any atom is 0.324 e. The molecule has 3 N–H and O–H groups in total. The SMILES string of the molecule is NCCNC(=O)C1CCCN(S(=O)(=O)c2cccc(F)c2[N+](=O)[O-])C1. The number of hydrogen-bond acceptors (Lipinski definition) is 6. The van der Waals surface area contributed by atoms with Crippen molar-refractivity contribution in [3.05, 3.63) is 34.1 Å². The number of nitrogens with two attached hydrogens (primary N) is 1. The van der Waals surface area contributed by atoms with Gasteiger partial charge in [0.15, 0.2) is 4.90 Å². The molecular weight excluding hydrogens is 355 g/mol. The van der Waals surface area contributed by atoms with Gasteiger partial charge < -0.3 is 11.1 Å². The fourth-order valence-electron chi connectivity index (χ4n) is 2.73. The minimum atomic E-state index is -4.30. The van der Waals surface area contributed by atoms with E-state index in [1.165, 1.54) is 0 Å². The molecule has 1 atom stereocenters. The molecule has 0 spiro atoms. The molecule has 1 fully saturated rings. The van der Waals surface area contributed by atoms with Crippen LogP contribution in [-0.4, -0.2) is 49.7 Å². The van der Waals surface area contributed by atoms with Crippen LogP contribution in [0.4, 0.5) is 10.1 Å². The van der Waals surface area contributed by atoms with Crippen molar-refractivity contribution in [3.8, 4) is 0 Å². The number of nitrogens with zero attached hydrogens (tertiary/aromatic N) is 2. The van der Waals surface area contributed by atoms with Gasteiger partial charge >= 0.3 is 5.69 Å². The highest BCUT2D eigenvalue weighted by atomic mass is 32.2. The van der Waals surface area contributed by atoms with Crippen LogP contribution in [0.2, 0.25) is 0 Å². The predicted molar refractivity (Wildman–Crippen MR) is 86.6 cm³/mol. The van der Waals surface area contributed by atoms with Crippen molar-refractivity contribution >= 4 is 21.6 Å². The smallest absolute Gasteiger partial charge is 0.324 e. The second kappa shape index (κ2) is 7.85. The van der Waals surface area contributed by atoms with Crippen LogP contribution in [-0.2, 0) is 14.8 Å². The monoisotopic (exact) mass is 374 g/mol. The highest BCUT2D eigenvalue weighted by molar-refractivity contribution is 7.89. The van der Waals surface area contributed by atoms with E-state index in [4.69, 9.17) is 5.73 Å². The molecule has 1 heterocycles. The predicted octanol–water partition coefficient (Wildman–Crippen LogP) is 0.209. The molecule has 1 amide bonds. The first kappa shape index (κ1) is 19.2. The number of rotatable bonds is 6. The molecule has 1 aromatic rings. The molecular formula is C14H19FN4O5S. The number of nitro groups is 1. The van der Waals surface area contributed by atoms with E-state index >= 15 is 0 Å². The van der Waals surface area contributed by atoms with Gasteiger partial charge in [0.25, 0.3) is 0 Å². The summed E-state index contributed by atoms with van der Waals surface area (Å²) >= 11 is 0. The van der Waals surface area contributed by atoms with E-state index in [2.05, 4.69) is 5.32 Å². The van der Waals surface area contributed by atoms with E-state index in [0.717, 1.165) is 22.5 Å². The number of para-hydroxylation sites is 1. The summed E-state index contributed by atoms with van der Waals surface area (Å²) in [5.41, 5.74) is 4.23. The van der Waals surface area contributed by atoms with Gasteiger partial charge in [0, 0.05) is 26.2 Å². The molecule has 1 unspecified atom stereocenters. The van der Waals surface area contributed by atoms with Crippen molar-refractivity contribution < 1.29 is 22.5 Å². The molecule has 0 radical (unpaired) electrons. The Morgan fingerprint density at radius 1 is 1.48 bits per heavy atom. The first-order valence-corrected chi connectivity index (χ1v) is 9.14. The van der Waals surface area contributed by atoms with Gasteiger partial charge in [0.1, 0.15) is 0 Å². The van der Waals surface area contributed by atoms with Gasteiger partial charge in [-0.1, -0.05) is 6.07 Å². The Bertz CT molecular complexity index is 770. The van der Waals surface area contributed by atoms with Gasteiger partial charge in [0.05, 0.1) is 10.8 Å². The number of amides is 1. The molecule has 1 aliphatic heterocycles. The van der Waals surface area contributed by atoms with E-state index < -0.39 is 37.3 Å². The molecule has 11 heteroatoms.